The van der Waals surface area contributed by atoms with Crippen molar-refractivity contribution in [2.75, 3.05) is 14.2 Å². The van der Waals surface area contributed by atoms with E-state index in [9.17, 15) is 0 Å². The molecule has 0 amide bonds. The summed E-state index contributed by atoms with van der Waals surface area (Å²) in [6.07, 6.45) is 0. The second-order valence-corrected chi connectivity index (χ2v) is 4.01. The maximum absolute atomic E-state index is 6.21. The average molecular weight is 285 g/mol. The summed E-state index contributed by atoms with van der Waals surface area (Å²) >= 11 is 12.4. The highest BCUT2D eigenvalue weighted by atomic mass is 35.5. The molecule has 0 saturated heterocycles. The number of benzene rings is 1. The van der Waals surface area contributed by atoms with Crippen LogP contribution in [0.4, 0.5) is 0 Å². The van der Waals surface area contributed by atoms with Crippen LogP contribution in [0.5, 0.6) is 11.5 Å². The van der Waals surface area contributed by atoms with Gasteiger partial charge >= 0.3 is 0 Å². The van der Waals surface area contributed by atoms with Crippen LogP contribution in [0.25, 0.3) is 0 Å². The maximum atomic E-state index is 6.21. The Bertz CT molecular complexity index is 373. The van der Waals surface area contributed by atoms with Crippen LogP contribution >= 0.6 is 35.6 Å². The number of hydrogen-bond acceptors (Lipinski definition) is 3. The molecule has 0 aromatic heterocycles. The van der Waals surface area contributed by atoms with E-state index in [1.807, 2.05) is 0 Å². The molecule has 2 rings (SSSR count). The van der Waals surface area contributed by atoms with Crippen molar-refractivity contribution in [2.45, 2.75) is 13.1 Å². The minimum Gasteiger partial charge on any atom is -0.491 e. The van der Waals surface area contributed by atoms with Gasteiger partial charge < -0.3 is 14.8 Å². The Morgan fingerprint density at radius 2 is 1.31 bits per heavy atom. The van der Waals surface area contributed by atoms with E-state index in [0.29, 0.717) is 34.6 Å². The number of nitrogens with one attached hydrogen (secondary N) is 1. The van der Waals surface area contributed by atoms with E-state index in [1.165, 1.54) is 0 Å². The van der Waals surface area contributed by atoms with Gasteiger partial charge in [0.15, 0.2) is 11.5 Å². The van der Waals surface area contributed by atoms with E-state index in [2.05, 4.69) is 5.32 Å². The van der Waals surface area contributed by atoms with Gasteiger partial charge in [-0.25, -0.2) is 0 Å². The molecule has 0 bridgehead atoms. The molecular formula is C10H12Cl3NO2. The zero-order valence-corrected chi connectivity index (χ0v) is 11.2. The molecule has 0 atom stereocenters. The van der Waals surface area contributed by atoms with Crippen molar-refractivity contribution in [3.63, 3.8) is 0 Å². The van der Waals surface area contributed by atoms with Gasteiger partial charge in [-0.05, 0) is 11.1 Å². The lowest BCUT2D eigenvalue weighted by molar-refractivity contribution is 0.355. The zero-order valence-electron chi connectivity index (χ0n) is 8.89. The molecule has 0 saturated carbocycles. The SMILES string of the molecule is COc1c(Cl)c2c(c(Cl)c1OC)CNC2.Cl. The Labute approximate surface area is 110 Å². The van der Waals surface area contributed by atoms with E-state index >= 15 is 0 Å². The van der Waals surface area contributed by atoms with Crippen molar-refractivity contribution in [3.8, 4) is 11.5 Å². The monoisotopic (exact) mass is 283 g/mol. The highest BCUT2D eigenvalue weighted by molar-refractivity contribution is 6.37. The van der Waals surface area contributed by atoms with Gasteiger partial charge in [-0.15, -0.1) is 12.4 Å². The van der Waals surface area contributed by atoms with E-state index in [-0.39, 0.29) is 12.4 Å². The first-order valence-electron chi connectivity index (χ1n) is 4.52. The molecule has 6 heteroatoms. The van der Waals surface area contributed by atoms with Crippen molar-refractivity contribution in [1.82, 2.24) is 5.32 Å². The third-order valence-corrected chi connectivity index (χ3v) is 3.31. The normalized spacial score (nSPS) is 13.0. The molecule has 16 heavy (non-hydrogen) atoms. The topological polar surface area (TPSA) is 30.5 Å². The zero-order chi connectivity index (χ0) is 11.0. The first-order valence-corrected chi connectivity index (χ1v) is 5.27. The molecule has 1 heterocycles. The minimum absolute atomic E-state index is 0. The standard InChI is InChI=1S/C10H11Cl2NO2.ClH/c1-14-9-7(11)5-3-13-4-6(5)8(12)10(9)15-2;/h13H,3-4H2,1-2H3;1H. The van der Waals surface area contributed by atoms with Crippen molar-refractivity contribution in [1.29, 1.82) is 0 Å². The summed E-state index contributed by atoms with van der Waals surface area (Å²) in [4.78, 5) is 0. The largest absolute Gasteiger partial charge is 0.491 e. The first-order chi connectivity index (χ1) is 7.20. The Morgan fingerprint density at radius 3 is 1.62 bits per heavy atom. The van der Waals surface area contributed by atoms with E-state index in [0.717, 1.165) is 11.1 Å². The van der Waals surface area contributed by atoms with Crippen LogP contribution in [0.3, 0.4) is 0 Å². The summed E-state index contributed by atoms with van der Waals surface area (Å²) in [6.45, 7) is 1.43. The lowest BCUT2D eigenvalue weighted by Gasteiger charge is -2.14. The predicted molar refractivity (Wildman–Crippen MR) is 67.4 cm³/mol. The third kappa shape index (κ3) is 1.93. The van der Waals surface area contributed by atoms with Gasteiger partial charge in [-0.2, -0.15) is 0 Å². The molecule has 0 aliphatic carbocycles. The number of ether oxygens (including phenoxy) is 2. The summed E-state index contributed by atoms with van der Waals surface area (Å²) in [5.41, 5.74) is 2.00. The molecule has 1 aromatic rings. The third-order valence-electron chi connectivity index (χ3n) is 2.51. The molecule has 3 nitrogen and oxygen atoms in total. The number of hydrogen-bond donors (Lipinski definition) is 1. The van der Waals surface area contributed by atoms with Gasteiger partial charge in [-0.3, -0.25) is 0 Å². The molecule has 0 unspecified atom stereocenters. The molecule has 1 aromatic carbocycles. The van der Waals surface area contributed by atoms with Gasteiger partial charge in [0, 0.05) is 13.1 Å². The number of rotatable bonds is 2. The van der Waals surface area contributed by atoms with Gasteiger partial charge in [-0.1, -0.05) is 23.2 Å². The molecule has 90 valence electrons. The van der Waals surface area contributed by atoms with Crippen LogP contribution in [-0.4, -0.2) is 14.2 Å². The average Bonchev–Trinajstić information content (AvgIpc) is 2.72. The summed E-state index contributed by atoms with van der Waals surface area (Å²) < 4.78 is 10.4. The number of fused-ring (bicyclic) bond motifs is 1. The fourth-order valence-electron chi connectivity index (χ4n) is 1.78. The van der Waals surface area contributed by atoms with Crippen molar-refractivity contribution >= 4 is 35.6 Å². The van der Waals surface area contributed by atoms with Crippen molar-refractivity contribution in [2.24, 2.45) is 0 Å². The van der Waals surface area contributed by atoms with Gasteiger partial charge in [0.25, 0.3) is 0 Å². The van der Waals surface area contributed by atoms with Crippen molar-refractivity contribution in [3.05, 3.63) is 21.2 Å². The fourth-order valence-corrected chi connectivity index (χ4v) is 2.47. The number of methoxy groups -OCH3 is 2. The van der Waals surface area contributed by atoms with E-state index in [4.69, 9.17) is 32.7 Å². The Balaban J connectivity index is 0.00000128. The molecule has 0 radical (unpaired) electrons. The van der Waals surface area contributed by atoms with Gasteiger partial charge in [0.05, 0.1) is 24.3 Å². The Hall–Kier alpha value is -0.350. The molecule has 1 aliphatic rings. The van der Waals surface area contributed by atoms with Crippen LogP contribution in [0.1, 0.15) is 11.1 Å². The summed E-state index contributed by atoms with van der Waals surface area (Å²) in [7, 11) is 3.10. The van der Waals surface area contributed by atoms with Gasteiger partial charge in [0.1, 0.15) is 0 Å². The maximum Gasteiger partial charge on any atom is 0.181 e. The van der Waals surface area contributed by atoms with Crippen LogP contribution < -0.4 is 14.8 Å². The lowest BCUT2D eigenvalue weighted by Crippen LogP contribution is -2.00. The predicted octanol–water partition coefficient (Wildman–Crippen LogP) is 3.04. The fraction of sp³-hybridized carbons (Fsp3) is 0.400. The molecule has 1 N–H and O–H groups in total. The highest BCUT2D eigenvalue weighted by Crippen LogP contribution is 2.46. The van der Waals surface area contributed by atoms with Crippen LogP contribution in [0.15, 0.2) is 0 Å². The summed E-state index contributed by atoms with van der Waals surface area (Å²) in [6, 6.07) is 0. The minimum atomic E-state index is 0. The smallest absolute Gasteiger partial charge is 0.181 e. The second kappa shape index (κ2) is 5.32. The number of halogens is 3. The quantitative estimate of drug-likeness (QED) is 0.905. The second-order valence-electron chi connectivity index (χ2n) is 3.26. The van der Waals surface area contributed by atoms with E-state index in [1.54, 1.807) is 14.2 Å². The van der Waals surface area contributed by atoms with Crippen molar-refractivity contribution < 1.29 is 9.47 Å². The molecular weight excluding hydrogens is 272 g/mol. The van der Waals surface area contributed by atoms with Gasteiger partial charge in [0.2, 0.25) is 0 Å². The Kier molecular flexibility index (Phi) is 4.56. The summed E-state index contributed by atoms with van der Waals surface area (Å²) in [5, 5.41) is 4.36. The van der Waals surface area contributed by atoms with Crippen LogP contribution in [0, 0.1) is 0 Å². The summed E-state index contributed by atoms with van der Waals surface area (Å²) in [5.74, 6) is 1.01. The highest BCUT2D eigenvalue weighted by Gasteiger charge is 2.25. The van der Waals surface area contributed by atoms with Crippen LogP contribution in [-0.2, 0) is 13.1 Å². The van der Waals surface area contributed by atoms with E-state index < -0.39 is 0 Å². The molecule has 0 fully saturated rings. The van der Waals surface area contributed by atoms with Crippen LogP contribution in [0.2, 0.25) is 10.0 Å². The molecule has 1 aliphatic heterocycles. The Morgan fingerprint density at radius 1 is 0.938 bits per heavy atom. The lowest BCUT2D eigenvalue weighted by atomic mass is 10.1. The molecule has 0 spiro atoms. The first kappa shape index (κ1) is 13.7.